The Labute approximate surface area is 71.0 Å². The summed E-state index contributed by atoms with van der Waals surface area (Å²) in [7, 11) is 0. The minimum Gasteiger partial charge on any atom is -0.368 e. The molecule has 0 radical (unpaired) electrons. The van der Waals surface area contributed by atoms with Gasteiger partial charge in [0.05, 0.1) is 6.10 Å². The fraction of sp³-hybridized carbons (Fsp3) is 0.857. The van der Waals surface area contributed by atoms with Crippen molar-refractivity contribution in [3.63, 3.8) is 0 Å². The van der Waals surface area contributed by atoms with Crippen molar-refractivity contribution in [1.29, 1.82) is 0 Å². The molecule has 70 valence electrons. The lowest BCUT2D eigenvalue weighted by molar-refractivity contribution is -0.136. The molecule has 0 aliphatic carbocycles. The largest absolute Gasteiger partial charge is 0.368 e. The van der Waals surface area contributed by atoms with Gasteiger partial charge < -0.3 is 10.1 Å². The Kier molecular flexibility index (Phi) is 3.99. The van der Waals surface area contributed by atoms with Crippen LogP contribution >= 0.6 is 0 Å². The maximum Gasteiger partial charge on any atom is 0.269 e. The summed E-state index contributed by atoms with van der Waals surface area (Å²) in [5, 5.41) is 11.4. The molecule has 1 aliphatic rings. The molecule has 0 atom stereocenters. The standard InChI is InChI=1S/C7H14N2O3/c10-7(9-11)5-12-6-1-3-8-4-2-6/h6,8,11H,1-5H2,(H,9,10). The van der Waals surface area contributed by atoms with E-state index >= 15 is 0 Å². The summed E-state index contributed by atoms with van der Waals surface area (Å²) >= 11 is 0. The second-order valence-electron chi connectivity index (χ2n) is 2.80. The number of piperidine rings is 1. The van der Waals surface area contributed by atoms with Crippen LogP contribution in [0.1, 0.15) is 12.8 Å². The molecular weight excluding hydrogens is 160 g/mol. The molecule has 0 unspecified atom stereocenters. The van der Waals surface area contributed by atoms with E-state index in [1.807, 2.05) is 0 Å². The number of hydrogen-bond acceptors (Lipinski definition) is 4. The maximum absolute atomic E-state index is 10.6. The van der Waals surface area contributed by atoms with Gasteiger partial charge in [-0.3, -0.25) is 10.0 Å². The van der Waals surface area contributed by atoms with E-state index < -0.39 is 5.91 Å². The van der Waals surface area contributed by atoms with Crippen molar-refractivity contribution in [1.82, 2.24) is 10.8 Å². The molecule has 12 heavy (non-hydrogen) atoms. The van der Waals surface area contributed by atoms with Crippen LogP contribution in [-0.2, 0) is 9.53 Å². The zero-order valence-corrected chi connectivity index (χ0v) is 6.88. The third-order valence-corrected chi connectivity index (χ3v) is 1.86. The predicted molar refractivity (Wildman–Crippen MR) is 41.8 cm³/mol. The molecule has 0 bridgehead atoms. The lowest BCUT2D eigenvalue weighted by Crippen LogP contribution is -2.35. The van der Waals surface area contributed by atoms with Crippen LogP contribution in [0.25, 0.3) is 0 Å². The molecule has 5 heteroatoms. The van der Waals surface area contributed by atoms with E-state index in [1.165, 1.54) is 5.48 Å². The molecule has 1 heterocycles. The second-order valence-corrected chi connectivity index (χ2v) is 2.80. The highest BCUT2D eigenvalue weighted by Crippen LogP contribution is 2.06. The summed E-state index contributed by atoms with van der Waals surface area (Å²) in [6, 6.07) is 0. The second kappa shape index (κ2) is 5.08. The quantitative estimate of drug-likeness (QED) is 0.389. The lowest BCUT2D eigenvalue weighted by Gasteiger charge is -2.22. The van der Waals surface area contributed by atoms with Gasteiger partial charge in [0.1, 0.15) is 6.61 Å². The monoisotopic (exact) mass is 174 g/mol. The van der Waals surface area contributed by atoms with Crippen LogP contribution in [0.15, 0.2) is 0 Å². The fourth-order valence-electron chi connectivity index (χ4n) is 1.19. The van der Waals surface area contributed by atoms with Crippen molar-refractivity contribution < 1.29 is 14.7 Å². The molecule has 0 spiro atoms. The van der Waals surface area contributed by atoms with Crippen molar-refractivity contribution in [2.45, 2.75) is 18.9 Å². The Morgan fingerprint density at radius 3 is 2.83 bits per heavy atom. The average molecular weight is 174 g/mol. The summed E-state index contributed by atoms with van der Waals surface area (Å²) in [5.41, 5.74) is 1.52. The van der Waals surface area contributed by atoms with Crippen LogP contribution in [0.4, 0.5) is 0 Å². The Balaban J connectivity index is 2.09. The molecule has 3 N–H and O–H groups in total. The van der Waals surface area contributed by atoms with Gasteiger partial charge in [-0.2, -0.15) is 0 Å². The zero-order chi connectivity index (χ0) is 8.81. The Morgan fingerprint density at radius 2 is 2.25 bits per heavy atom. The molecule has 1 rings (SSSR count). The molecule has 0 aromatic heterocycles. The Bertz CT molecular complexity index is 146. The smallest absolute Gasteiger partial charge is 0.269 e. The number of carbonyl (C=O) groups excluding carboxylic acids is 1. The zero-order valence-electron chi connectivity index (χ0n) is 6.88. The van der Waals surface area contributed by atoms with Crippen molar-refractivity contribution in [3.8, 4) is 0 Å². The van der Waals surface area contributed by atoms with Crippen molar-refractivity contribution in [3.05, 3.63) is 0 Å². The highest BCUT2D eigenvalue weighted by molar-refractivity contribution is 5.75. The Morgan fingerprint density at radius 1 is 1.58 bits per heavy atom. The number of hydroxylamine groups is 1. The highest BCUT2D eigenvalue weighted by Gasteiger charge is 2.14. The normalized spacial score (nSPS) is 19.1. The van der Waals surface area contributed by atoms with Crippen LogP contribution in [0, 0.1) is 0 Å². The van der Waals surface area contributed by atoms with E-state index in [9.17, 15) is 4.79 Å². The summed E-state index contributed by atoms with van der Waals surface area (Å²) in [5.74, 6) is -0.492. The van der Waals surface area contributed by atoms with Gasteiger partial charge >= 0.3 is 0 Å². The van der Waals surface area contributed by atoms with Crippen LogP contribution in [0.5, 0.6) is 0 Å². The number of carbonyl (C=O) groups is 1. The van der Waals surface area contributed by atoms with Crippen LogP contribution in [0.2, 0.25) is 0 Å². The van der Waals surface area contributed by atoms with E-state index in [2.05, 4.69) is 5.32 Å². The molecule has 1 fully saturated rings. The van der Waals surface area contributed by atoms with Gasteiger partial charge in [0.15, 0.2) is 0 Å². The van der Waals surface area contributed by atoms with Crippen LogP contribution in [0.3, 0.4) is 0 Å². The number of amides is 1. The van der Waals surface area contributed by atoms with Crippen molar-refractivity contribution in [2.24, 2.45) is 0 Å². The van der Waals surface area contributed by atoms with Gasteiger partial charge in [-0.05, 0) is 25.9 Å². The first-order valence-electron chi connectivity index (χ1n) is 4.08. The van der Waals surface area contributed by atoms with Crippen molar-refractivity contribution in [2.75, 3.05) is 19.7 Å². The van der Waals surface area contributed by atoms with E-state index in [4.69, 9.17) is 9.94 Å². The van der Waals surface area contributed by atoms with Crippen LogP contribution in [-0.4, -0.2) is 36.9 Å². The number of rotatable bonds is 3. The number of ether oxygens (including phenoxy) is 1. The molecule has 1 aliphatic heterocycles. The predicted octanol–water partition coefficient (Wildman–Crippen LogP) is -0.740. The Hall–Kier alpha value is -0.650. The highest BCUT2D eigenvalue weighted by atomic mass is 16.5. The third kappa shape index (κ3) is 3.17. The third-order valence-electron chi connectivity index (χ3n) is 1.86. The van der Waals surface area contributed by atoms with Gasteiger partial charge in [-0.25, -0.2) is 5.48 Å². The molecule has 0 aromatic rings. The molecular formula is C7H14N2O3. The molecule has 1 saturated heterocycles. The lowest BCUT2D eigenvalue weighted by atomic mass is 10.1. The topological polar surface area (TPSA) is 70.6 Å². The number of hydrogen-bond donors (Lipinski definition) is 3. The fourth-order valence-corrected chi connectivity index (χ4v) is 1.19. The SMILES string of the molecule is O=C(COC1CCNCC1)NO. The van der Waals surface area contributed by atoms with Crippen LogP contribution < -0.4 is 10.8 Å². The molecule has 1 amide bonds. The van der Waals surface area contributed by atoms with E-state index in [0.717, 1.165) is 25.9 Å². The molecule has 5 nitrogen and oxygen atoms in total. The van der Waals surface area contributed by atoms with Crippen molar-refractivity contribution >= 4 is 5.91 Å². The summed E-state index contributed by atoms with van der Waals surface area (Å²) in [4.78, 5) is 10.6. The molecule has 0 aromatic carbocycles. The van der Waals surface area contributed by atoms with Gasteiger partial charge in [0.2, 0.25) is 0 Å². The van der Waals surface area contributed by atoms with E-state index in [1.54, 1.807) is 0 Å². The summed E-state index contributed by atoms with van der Waals surface area (Å²) < 4.78 is 5.22. The van der Waals surface area contributed by atoms with Gasteiger partial charge in [0.25, 0.3) is 5.91 Å². The van der Waals surface area contributed by atoms with Gasteiger partial charge in [-0.1, -0.05) is 0 Å². The minimum atomic E-state index is -0.492. The summed E-state index contributed by atoms with van der Waals surface area (Å²) in [6.07, 6.45) is 2.01. The maximum atomic E-state index is 10.6. The van der Waals surface area contributed by atoms with Gasteiger partial charge in [-0.15, -0.1) is 0 Å². The first-order chi connectivity index (χ1) is 5.83. The number of nitrogens with one attached hydrogen (secondary N) is 2. The minimum absolute atomic E-state index is 0.0544. The van der Waals surface area contributed by atoms with E-state index in [-0.39, 0.29) is 12.7 Å². The first kappa shape index (κ1) is 9.44. The van der Waals surface area contributed by atoms with Gasteiger partial charge in [0, 0.05) is 0 Å². The first-order valence-corrected chi connectivity index (χ1v) is 4.08. The average Bonchev–Trinajstić information content (AvgIpc) is 2.16. The molecule has 0 saturated carbocycles. The van der Waals surface area contributed by atoms with E-state index in [0.29, 0.717) is 0 Å². The summed E-state index contributed by atoms with van der Waals surface area (Å²) in [6.45, 7) is 1.82.